The number of amides is 1. The molecule has 1 fully saturated rings. The maximum absolute atomic E-state index is 11.9. The van der Waals surface area contributed by atoms with Crippen LogP contribution in [0.4, 0.5) is 0 Å². The molecule has 0 radical (unpaired) electrons. The summed E-state index contributed by atoms with van der Waals surface area (Å²) in [6.07, 6.45) is 1.74. The number of hydrogen-bond donors (Lipinski definition) is 1. The number of nitrogens with zero attached hydrogens (tertiary/aromatic N) is 2. The van der Waals surface area contributed by atoms with Gasteiger partial charge < -0.3 is 5.32 Å². The van der Waals surface area contributed by atoms with Crippen molar-refractivity contribution in [1.82, 2.24) is 10.3 Å². The molecule has 0 aliphatic carbocycles. The van der Waals surface area contributed by atoms with Gasteiger partial charge in [0.1, 0.15) is 4.75 Å². The fraction of sp³-hybridized carbons (Fsp3) is 0.462. The molecule has 18 heavy (non-hydrogen) atoms. The predicted molar refractivity (Wildman–Crippen MR) is 74.4 cm³/mol. The van der Waals surface area contributed by atoms with Gasteiger partial charge in [0.05, 0.1) is 12.2 Å². The zero-order valence-electron chi connectivity index (χ0n) is 10.8. The average molecular weight is 263 g/mol. The number of rotatable bonds is 3. The van der Waals surface area contributed by atoms with Crippen molar-refractivity contribution in [2.24, 2.45) is 10.9 Å². The van der Waals surface area contributed by atoms with E-state index in [0.717, 1.165) is 5.69 Å². The Kier molecular flexibility index (Phi) is 3.71. The Labute approximate surface area is 111 Å². The third kappa shape index (κ3) is 2.56. The summed E-state index contributed by atoms with van der Waals surface area (Å²) < 4.78 is -0.414. The van der Waals surface area contributed by atoms with Crippen molar-refractivity contribution in [3.63, 3.8) is 0 Å². The van der Waals surface area contributed by atoms with Crippen LogP contribution in [0, 0.1) is 5.92 Å². The van der Waals surface area contributed by atoms with Crippen LogP contribution in [0.1, 0.15) is 26.5 Å². The Morgan fingerprint density at radius 3 is 2.83 bits per heavy atom. The van der Waals surface area contributed by atoms with Gasteiger partial charge in [-0.15, -0.1) is 0 Å². The van der Waals surface area contributed by atoms with E-state index < -0.39 is 4.75 Å². The molecular formula is C13H17N3OS. The minimum absolute atomic E-state index is 0.0438. The normalized spacial score (nSPS) is 25.8. The summed E-state index contributed by atoms with van der Waals surface area (Å²) in [6.45, 7) is 6.56. The van der Waals surface area contributed by atoms with Crippen LogP contribution in [-0.4, -0.2) is 20.8 Å². The monoisotopic (exact) mass is 263 g/mol. The third-order valence-corrected chi connectivity index (χ3v) is 4.70. The highest BCUT2D eigenvalue weighted by Gasteiger charge is 2.44. The fourth-order valence-electron chi connectivity index (χ4n) is 1.59. The average Bonchev–Trinajstić information content (AvgIpc) is 2.65. The number of nitrogens with one attached hydrogen (secondary N) is 1. The highest BCUT2D eigenvalue weighted by Crippen LogP contribution is 2.37. The minimum Gasteiger partial charge on any atom is -0.304 e. The molecule has 0 saturated carbocycles. The zero-order chi connectivity index (χ0) is 13.2. The molecule has 96 valence electrons. The van der Waals surface area contributed by atoms with Crippen LogP contribution in [0.3, 0.4) is 0 Å². The van der Waals surface area contributed by atoms with E-state index in [9.17, 15) is 4.79 Å². The number of hydrogen-bond acceptors (Lipinski definition) is 4. The molecule has 1 atom stereocenters. The standard InChI is InChI=1S/C13H17N3OS/c1-9(2)13(3)11(17)16-12(18-13)15-8-10-6-4-5-7-14-10/h4-7,9H,8H2,1-3H3,(H,15,16,17). The number of carbonyl (C=O) groups excluding carboxylic acids is 1. The number of aromatic nitrogens is 1. The highest BCUT2D eigenvalue weighted by molar-refractivity contribution is 8.16. The Morgan fingerprint density at radius 2 is 2.28 bits per heavy atom. The van der Waals surface area contributed by atoms with Crippen LogP contribution in [-0.2, 0) is 11.3 Å². The van der Waals surface area contributed by atoms with Crippen molar-refractivity contribution in [2.45, 2.75) is 32.1 Å². The summed E-state index contributed by atoms with van der Waals surface area (Å²) in [5, 5.41) is 3.54. The third-order valence-electron chi connectivity index (χ3n) is 3.19. The number of aliphatic imine (C=N–C) groups is 1. The van der Waals surface area contributed by atoms with Crippen LogP contribution in [0.5, 0.6) is 0 Å². The maximum Gasteiger partial charge on any atom is 0.242 e. The quantitative estimate of drug-likeness (QED) is 0.909. The fourth-order valence-corrected chi connectivity index (χ4v) is 2.64. The van der Waals surface area contributed by atoms with E-state index in [4.69, 9.17) is 0 Å². The van der Waals surface area contributed by atoms with Crippen LogP contribution >= 0.6 is 11.8 Å². The molecule has 5 heteroatoms. The van der Waals surface area contributed by atoms with E-state index in [-0.39, 0.29) is 11.8 Å². The van der Waals surface area contributed by atoms with Gasteiger partial charge in [-0.1, -0.05) is 31.7 Å². The van der Waals surface area contributed by atoms with E-state index in [1.807, 2.05) is 39.0 Å². The molecular weight excluding hydrogens is 246 g/mol. The summed E-state index contributed by atoms with van der Waals surface area (Å²) in [5.41, 5.74) is 0.901. The molecule has 2 heterocycles. The Morgan fingerprint density at radius 1 is 1.50 bits per heavy atom. The lowest BCUT2D eigenvalue weighted by molar-refractivity contribution is -0.122. The molecule has 1 aromatic rings. The lowest BCUT2D eigenvalue weighted by atomic mass is 9.96. The molecule has 4 nitrogen and oxygen atoms in total. The van der Waals surface area contributed by atoms with Gasteiger partial charge in [-0.05, 0) is 25.0 Å². The van der Waals surface area contributed by atoms with Crippen molar-refractivity contribution >= 4 is 22.8 Å². The first-order chi connectivity index (χ1) is 8.52. The summed E-state index contributed by atoms with van der Waals surface area (Å²) in [4.78, 5) is 20.5. The summed E-state index contributed by atoms with van der Waals surface area (Å²) in [5.74, 6) is 0.312. The molecule has 1 aromatic heterocycles. The number of pyridine rings is 1. The number of thioether (sulfide) groups is 1. The van der Waals surface area contributed by atoms with Gasteiger partial charge in [0.15, 0.2) is 5.17 Å². The first-order valence-corrected chi connectivity index (χ1v) is 6.79. The van der Waals surface area contributed by atoms with Crippen LogP contribution in [0.15, 0.2) is 29.4 Å². The van der Waals surface area contributed by atoms with Gasteiger partial charge in [-0.25, -0.2) is 0 Å². The van der Waals surface area contributed by atoms with Gasteiger partial charge in [0.25, 0.3) is 0 Å². The number of carbonyl (C=O) groups is 1. The van der Waals surface area contributed by atoms with Gasteiger partial charge in [-0.3, -0.25) is 14.8 Å². The first kappa shape index (κ1) is 13.1. The Bertz CT molecular complexity index is 472. The van der Waals surface area contributed by atoms with E-state index >= 15 is 0 Å². The molecule has 0 aromatic carbocycles. The number of amidine groups is 1. The van der Waals surface area contributed by atoms with Crippen LogP contribution < -0.4 is 5.32 Å². The molecule has 1 N–H and O–H groups in total. The van der Waals surface area contributed by atoms with Crippen molar-refractivity contribution in [1.29, 1.82) is 0 Å². The van der Waals surface area contributed by atoms with Crippen LogP contribution in [0.25, 0.3) is 0 Å². The topological polar surface area (TPSA) is 54.4 Å². The first-order valence-electron chi connectivity index (χ1n) is 5.97. The molecule has 0 spiro atoms. The molecule has 0 bridgehead atoms. The van der Waals surface area contributed by atoms with Crippen molar-refractivity contribution in [3.8, 4) is 0 Å². The summed E-state index contributed by atoms with van der Waals surface area (Å²) >= 11 is 1.51. The Hall–Kier alpha value is -1.36. The Balaban J connectivity index is 2.07. The molecule has 1 aliphatic heterocycles. The second kappa shape index (κ2) is 5.10. The lowest BCUT2D eigenvalue weighted by Gasteiger charge is -2.22. The van der Waals surface area contributed by atoms with E-state index in [0.29, 0.717) is 11.7 Å². The summed E-state index contributed by atoms with van der Waals surface area (Å²) in [6, 6.07) is 5.73. The molecule has 1 aliphatic rings. The van der Waals surface area contributed by atoms with Gasteiger partial charge in [0.2, 0.25) is 5.91 Å². The zero-order valence-corrected chi connectivity index (χ0v) is 11.6. The van der Waals surface area contributed by atoms with Gasteiger partial charge in [0, 0.05) is 6.20 Å². The van der Waals surface area contributed by atoms with E-state index in [2.05, 4.69) is 15.3 Å². The second-order valence-corrected chi connectivity index (χ2v) is 6.20. The summed E-state index contributed by atoms with van der Waals surface area (Å²) in [7, 11) is 0. The minimum atomic E-state index is -0.414. The van der Waals surface area contributed by atoms with E-state index in [1.165, 1.54) is 11.8 Å². The molecule has 1 unspecified atom stereocenters. The van der Waals surface area contributed by atoms with Crippen LogP contribution in [0.2, 0.25) is 0 Å². The smallest absolute Gasteiger partial charge is 0.242 e. The molecule has 1 saturated heterocycles. The molecule has 2 rings (SSSR count). The van der Waals surface area contributed by atoms with Crippen molar-refractivity contribution < 1.29 is 4.79 Å². The predicted octanol–water partition coefficient (Wildman–Crippen LogP) is 2.22. The highest BCUT2D eigenvalue weighted by atomic mass is 32.2. The van der Waals surface area contributed by atoms with Gasteiger partial charge >= 0.3 is 0 Å². The lowest BCUT2D eigenvalue weighted by Crippen LogP contribution is -2.38. The SMILES string of the molecule is CC(C)C1(C)SC(=NCc2ccccn2)NC1=O. The second-order valence-electron chi connectivity index (χ2n) is 4.76. The largest absolute Gasteiger partial charge is 0.304 e. The van der Waals surface area contributed by atoms with Crippen molar-refractivity contribution in [3.05, 3.63) is 30.1 Å². The van der Waals surface area contributed by atoms with Crippen molar-refractivity contribution in [2.75, 3.05) is 0 Å². The molecule has 1 amide bonds. The van der Waals surface area contributed by atoms with E-state index in [1.54, 1.807) is 6.20 Å². The maximum atomic E-state index is 11.9. The van der Waals surface area contributed by atoms with Gasteiger partial charge in [-0.2, -0.15) is 0 Å².